The van der Waals surface area contributed by atoms with Crippen LogP contribution < -0.4 is 0 Å². The van der Waals surface area contributed by atoms with Gasteiger partial charge >= 0.3 is 35.5 Å². The zero-order valence-electron chi connectivity index (χ0n) is 41.4. The number of allylic oxidation sites excluding steroid dienone is 4. The molecular weight excluding hydrogens is 1220 g/mol. The highest BCUT2D eigenvalue weighted by Gasteiger charge is 2.82. The van der Waals surface area contributed by atoms with Crippen molar-refractivity contribution in [3.63, 3.8) is 0 Å². The van der Waals surface area contributed by atoms with Gasteiger partial charge in [0.25, 0.3) is 0 Å². The molecule has 0 atom stereocenters. The molecule has 4 aromatic heterocycles. The van der Waals surface area contributed by atoms with E-state index in [4.69, 9.17) is 0 Å². The third kappa shape index (κ3) is 8.84. The first-order valence-electron chi connectivity index (χ1n) is 23.5. The summed E-state index contributed by atoms with van der Waals surface area (Å²) in [4.78, 5) is -1.53. The number of rotatable bonds is 10. The summed E-state index contributed by atoms with van der Waals surface area (Å²) in [5, 5.41) is 0. The molecule has 0 radical (unpaired) electrons. The van der Waals surface area contributed by atoms with Crippen molar-refractivity contribution in [3.05, 3.63) is 185 Å². The summed E-state index contributed by atoms with van der Waals surface area (Å²) in [5.41, 5.74) is -11.9. The molecule has 0 saturated heterocycles. The third-order valence-corrected chi connectivity index (χ3v) is 18.3. The van der Waals surface area contributed by atoms with Crippen molar-refractivity contribution in [2.45, 2.75) is 76.1 Å². The molecule has 2 aliphatic rings. The fourth-order valence-corrected chi connectivity index (χ4v) is 13.9. The summed E-state index contributed by atoms with van der Waals surface area (Å²) in [6.45, 7) is 5.02. The number of halogens is 22. The van der Waals surface area contributed by atoms with Gasteiger partial charge in [-0.05, 0) is 84.3 Å². The Morgan fingerprint density at radius 3 is 0.829 bits per heavy atom. The van der Waals surface area contributed by atoms with Crippen molar-refractivity contribution in [1.29, 1.82) is 0 Å². The van der Waals surface area contributed by atoms with Crippen molar-refractivity contribution in [2.75, 3.05) is 0 Å². The van der Waals surface area contributed by atoms with E-state index in [1.807, 2.05) is 0 Å². The summed E-state index contributed by atoms with van der Waals surface area (Å²) >= 11 is 2.33. The van der Waals surface area contributed by atoms with E-state index in [0.717, 1.165) is 36.5 Å². The molecule has 432 valence electrons. The van der Waals surface area contributed by atoms with Gasteiger partial charge in [0.15, 0.2) is 46.5 Å². The zero-order valence-corrected chi connectivity index (χ0v) is 44.7. The fraction of sp³-hybridized carbons (Fsp3) is 0.214. The topological polar surface area (TPSA) is 0 Å². The quantitative estimate of drug-likeness (QED) is 0.0727. The van der Waals surface area contributed by atoms with Gasteiger partial charge in [0.1, 0.15) is 0 Å². The van der Waals surface area contributed by atoms with Gasteiger partial charge < -0.3 is 0 Å². The number of benzene rings is 4. The van der Waals surface area contributed by atoms with Crippen LogP contribution in [0.15, 0.2) is 84.9 Å². The van der Waals surface area contributed by atoms with E-state index in [9.17, 15) is 61.5 Å². The first-order valence-corrected chi connectivity index (χ1v) is 26.8. The molecule has 2 aliphatic carbocycles. The lowest BCUT2D eigenvalue weighted by Gasteiger charge is -2.25. The van der Waals surface area contributed by atoms with E-state index in [0.29, 0.717) is 30.6 Å². The van der Waals surface area contributed by atoms with Crippen molar-refractivity contribution in [1.82, 2.24) is 0 Å². The molecule has 0 bridgehead atoms. The van der Waals surface area contributed by atoms with E-state index in [-0.39, 0.29) is 58.8 Å². The Labute approximate surface area is 464 Å². The van der Waals surface area contributed by atoms with Crippen LogP contribution in [0.1, 0.15) is 55.6 Å². The van der Waals surface area contributed by atoms with Crippen molar-refractivity contribution in [2.24, 2.45) is 0 Å². The van der Waals surface area contributed by atoms with Crippen molar-refractivity contribution in [3.8, 4) is 41.8 Å². The van der Waals surface area contributed by atoms with Gasteiger partial charge in [-0.2, -0.15) is 52.7 Å². The van der Waals surface area contributed by atoms with Gasteiger partial charge in [-0.15, -0.1) is 45.3 Å². The normalized spacial score (nSPS) is 17.5. The van der Waals surface area contributed by atoms with E-state index in [2.05, 4.69) is 0 Å². The minimum Gasteiger partial charge on any atom is -0.203 e. The second-order valence-corrected chi connectivity index (χ2v) is 23.1. The Morgan fingerprint density at radius 1 is 0.317 bits per heavy atom. The highest BCUT2D eigenvalue weighted by molar-refractivity contribution is 7.17. The Bertz CT molecular complexity index is 3630. The van der Waals surface area contributed by atoms with Gasteiger partial charge in [-0.3, -0.25) is 0 Å². The first-order chi connectivity index (χ1) is 38.1. The van der Waals surface area contributed by atoms with Crippen molar-refractivity contribution >= 4 is 67.6 Å². The minimum atomic E-state index is -6.25. The SMILES string of the molecule is CCc1sc(-c2ccccc2)cc1C1=C(c2cc(-c3ccccc3)sc2CC)C(F)(F)C(F)(F)C1(F)F.Cc1sc(-c2c(F)c(F)c(F)c(F)c2F)cc1C1=C(c2cc(-c3c(F)c(F)c(F)c(F)c3F)sc2C)C(F)(F)C(F)(F)C1(F)F. The maximum Gasteiger partial charge on any atom is 0.380 e. The van der Waals surface area contributed by atoms with Gasteiger partial charge in [0.2, 0.25) is 11.6 Å². The highest BCUT2D eigenvalue weighted by atomic mass is 32.1. The third-order valence-electron chi connectivity index (χ3n) is 13.5. The monoisotopic (exact) mass is 1250 g/mol. The second kappa shape index (κ2) is 20.7. The van der Waals surface area contributed by atoms with Crippen LogP contribution in [-0.4, -0.2) is 35.5 Å². The maximum atomic E-state index is 15.5. The van der Waals surface area contributed by atoms with Crippen LogP contribution in [0.5, 0.6) is 0 Å². The lowest BCUT2D eigenvalue weighted by molar-refractivity contribution is -0.254. The number of hydrogen-bond acceptors (Lipinski definition) is 4. The Balaban J connectivity index is 0.000000201. The molecule has 0 aliphatic heterocycles. The van der Waals surface area contributed by atoms with Crippen LogP contribution in [0, 0.1) is 72.0 Å². The van der Waals surface area contributed by atoms with Gasteiger partial charge in [-0.25, -0.2) is 43.9 Å². The average molecular weight is 1250 g/mol. The van der Waals surface area contributed by atoms with Crippen LogP contribution in [0.3, 0.4) is 0 Å². The number of alkyl halides is 12. The predicted molar refractivity (Wildman–Crippen MR) is 270 cm³/mol. The standard InChI is InChI=1S/C29H22F6S2.C27H8F16S2/c1-3-21-19(15-23(36-21)17-11-7-5-8-12-17)25-26(28(32,33)29(34,35)27(25,30)31)20-16-24(37-22(20)4-2)18-13-9-6-10-14-18;1-5-7(3-9(44-5)11-15(28)19(32)23(36)20(33)16(11)29)13-14(26(40,41)27(42,43)25(13,38)39)8-4-10(45-6(8)2)12-17(30)21(34)24(37)22(35)18(12)31/h5-16H,3-4H2,1-2H3;3-4H,1-2H3. The first kappa shape index (κ1) is 60.2. The second-order valence-electron chi connectivity index (χ2n) is 18.3. The van der Waals surface area contributed by atoms with Gasteiger partial charge in [-0.1, -0.05) is 74.5 Å². The molecule has 82 heavy (non-hydrogen) atoms. The molecule has 8 aromatic rings. The van der Waals surface area contributed by atoms with Crippen LogP contribution >= 0.6 is 45.3 Å². The van der Waals surface area contributed by atoms with E-state index in [1.54, 1.807) is 74.5 Å². The van der Waals surface area contributed by atoms with E-state index in [1.165, 1.54) is 12.1 Å². The molecule has 0 nitrogen and oxygen atoms in total. The molecule has 0 N–H and O–H groups in total. The largest absolute Gasteiger partial charge is 0.380 e. The molecule has 0 amide bonds. The minimum absolute atomic E-state index is 0.0104. The fourth-order valence-electron chi connectivity index (χ4n) is 9.51. The Kier molecular flexibility index (Phi) is 15.2. The molecular formula is C56H30F22S4. The molecule has 0 spiro atoms. The molecule has 0 fully saturated rings. The Morgan fingerprint density at radius 2 is 0.561 bits per heavy atom. The van der Waals surface area contributed by atoms with Crippen LogP contribution in [0.4, 0.5) is 96.6 Å². The van der Waals surface area contributed by atoms with Crippen LogP contribution in [0.2, 0.25) is 0 Å². The Hall–Kier alpha value is -6.38. The predicted octanol–water partition coefficient (Wildman–Crippen LogP) is 21.1. The van der Waals surface area contributed by atoms with Crippen LogP contribution in [-0.2, 0) is 12.8 Å². The van der Waals surface area contributed by atoms with Crippen molar-refractivity contribution < 1.29 is 96.6 Å². The zero-order chi connectivity index (χ0) is 60.5. The van der Waals surface area contributed by atoms with E-state index >= 15 is 35.1 Å². The summed E-state index contributed by atoms with van der Waals surface area (Å²) in [6.07, 6.45) is 0.465. The number of hydrogen-bond donors (Lipinski definition) is 0. The lowest BCUT2D eigenvalue weighted by Crippen LogP contribution is -2.48. The van der Waals surface area contributed by atoms with E-state index < -0.39 is 158 Å². The molecule has 10 rings (SSSR count). The molecule has 4 heterocycles. The van der Waals surface area contributed by atoms with Gasteiger partial charge in [0.05, 0.1) is 11.1 Å². The summed E-state index contributed by atoms with van der Waals surface area (Å²) in [5.74, 6) is -58.4. The smallest absolute Gasteiger partial charge is 0.203 e. The molecule has 26 heteroatoms. The molecule has 4 aromatic carbocycles. The maximum absolute atomic E-state index is 15.5. The van der Waals surface area contributed by atoms with Gasteiger partial charge in [0, 0.05) is 61.3 Å². The molecule has 0 saturated carbocycles. The molecule has 0 unspecified atom stereocenters. The van der Waals surface area contributed by atoms with Crippen LogP contribution in [0.25, 0.3) is 64.1 Å². The number of thiophene rings is 4. The summed E-state index contributed by atoms with van der Waals surface area (Å²) in [7, 11) is 0. The highest BCUT2D eigenvalue weighted by Crippen LogP contribution is 2.68. The summed E-state index contributed by atoms with van der Waals surface area (Å²) in [6, 6.07) is 20.8. The summed E-state index contributed by atoms with van der Waals surface area (Å²) < 4.78 is 323. The number of aryl methyl sites for hydroxylation is 4. The average Bonchev–Trinajstić information content (AvgIpc) is 3.32. The lowest BCUT2D eigenvalue weighted by atomic mass is 9.93.